The molecular formula is C20H36N3O2+. The molecule has 0 radical (unpaired) electrons. The molecule has 0 fully saturated rings. The summed E-state index contributed by atoms with van der Waals surface area (Å²) in [6, 6.07) is 0. The molecule has 0 saturated carbocycles. The standard InChI is InChI=1S/C20H35N3O2/c1-2-3-4-5-6-7-8-9-10-11-12-13-19-22-15-17-23(19,16-14-21)18-20(24)25/h4-5,15,17H,2-3,6-14,16,18,21H2,1H3/p+1/b5-4+. The number of nitrogens with two attached hydrogens (primary N) is 1. The van der Waals surface area contributed by atoms with Crippen molar-refractivity contribution in [3.63, 3.8) is 0 Å². The zero-order valence-electron chi connectivity index (χ0n) is 15.8. The third-order valence-electron chi connectivity index (χ3n) is 4.68. The van der Waals surface area contributed by atoms with Crippen LogP contribution in [-0.4, -0.2) is 41.0 Å². The lowest BCUT2D eigenvalue weighted by molar-refractivity contribution is -0.778. The Balaban J connectivity index is 2.17. The number of allylic oxidation sites excluding steroid dienone is 2. The predicted octanol–water partition coefficient (Wildman–Crippen LogP) is 4.21. The fourth-order valence-corrected chi connectivity index (χ4v) is 3.29. The second kappa shape index (κ2) is 12.8. The van der Waals surface area contributed by atoms with Crippen LogP contribution in [0.5, 0.6) is 0 Å². The second-order valence-electron chi connectivity index (χ2n) is 6.86. The summed E-state index contributed by atoms with van der Waals surface area (Å²) in [6.07, 6.45) is 20.1. The van der Waals surface area contributed by atoms with Gasteiger partial charge in [0.1, 0.15) is 12.7 Å². The highest BCUT2D eigenvalue weighted by Crippen LogP contribution is 2.21. The minimum Gasteiger partial charge on any atom is -0.477 e. The van der Waals surface area contributed by atoms with Crippen molar-refractivity contribution < 1.29 is 14.4 Å². The van der Waals surface area contributed by atoms with Crippen molar-refractivity contribution in [3.05, 3.63) is 24.6 Å². The Kier molecular flexibility index (Phi) is 11.1. The van der Waals surface area contributed by atoms with Crippen LogP contribution in [0.15, 0.2) is 29.5 Å². The summed E-state index contributed by atoms with van der Waals surface area (Å²) in [5, 5.41) is 9.19. The zero-order valence-corrected chi connectivity index (χ0v) is 15.8. The molecule has 1 heterocycles. The number of aliphatic imine (C=N–C) groups is 1. The molecule has 0 amide bonds. The zero-order chi connectivity index (χ0) is 18.4. The van der Waals surface area contributed by atoms with E-state index in [2.05, 4.69) is 24.1 Å². The van der Waals surface area contributed by atoms with Crippen LogP contribution >= 0.6 is 0 Å². The number of quaternary nitrogens is 1. The lowest BCUT2D eigenvalue weighted by Crippen LogP contribution is -2.52. The summed E-state index contributed by atoms with van der Waals surface area (Å²) in [4.78, 5) is 15.6. The smallest absolute Gasteiger partial charge is 0.360 e. The van der Waals surface area contributed by atoms with Crippen molar-refractivity contribution in [3.8, 4) is 0 Å². The van der Waals surface area contributed by atoms with Gasteiger partial charge in [-0.1, -0.05) is 51.2 Å². The summed E-state index contributed by atoms with van der Waals surface area (Å²) in [5.74, 6) is 0.148. The molecular weight excluding hydrogens is 314 g/mol. The van der Waals surface area contributed by atoms with E-state index in [1.165, 1.54) is 51.4 Å². The van der Waals surface area contributed by atoms with E-state index in [-0.39, 0.29) is 6.54 Å². The van der Waals surface area contributed by atoms with Gasteiger partial charge in [-0.05, 0) is 25.7 Å². The first-order valence-electron chi connectivity index (χ1n) is 9.83. The van der Waals surface area contributed by atoms with Crippen LogP contribution < -0.4 is 5.73 Å². The molecule has 1 atom stereocenters. The van der Waals surface area contributed by atoms with E-state index >= 15 is 0 Å². The van der Waals surface area contributed by atoms with E-state index < -0.39 is 5.97 Å². The van der Waals surface area contributed by atoms with Crippen molar-refractivity contribution >= 4 is 11.8 Å². The van der Waals surface area contributed by atoms with E-state index in [9.17, 15) is 9.90 Å². The van der Waals surface area contributed by atoms with Gasteiger partial charge in [-0.2, -0.15) is 0 Å². The molecule has 0 saturated heterocycles. The first-order valence-corrected chi connectivity index (χ1v) is 9.83. The van der Waals surface area contributed by atoms with Crippen molar-refractivity contribution in [2.24, 2.45) is 10.7 Å². The Morgan fingerprint density at radius 3 is 2.52 bits per heavy atom. The number of hydrogen-bond acceptors (Lipinski definition) is 3. The van der Waals surface area contributed by atoms with Crippen LogP contribution in [0.2, 0.25) is 0 Å². The molecule has 0 aromatic carbocycles. The fourth-order valence-electron chi connectivity index (χ4n) is 3.29. The molecule has 0 aromatic heterocycles. The molecule has 0 spiro atoms. The SMILES string of the molecule is CCC/C=C/CCCCCCCCC1=NC=C[N+]1(CCN)CC(=O)O. The maximum atomic E-state index is 11.2. The molecule has 5 nitrogen and oxygen atoms in total. The largest absolute Gasteiger partial charge is 0.477 e. The van der Waals surface area contributed by atoms with Gasteiger partial charge in [0.15, 0.2) is 6.54 Å². The van der Waals surface area contributed by atoms with Crippen LogP contribution in [0, 0.1) is 0 Å². The first kappa shape index (κ1) is 21.6. The fraction of sp³-hybridized carbons (Fsp3) is 0.700. The van der Waals surface area contributed by atoms with Crippen molar-refractivity contribution in [2.45, 2.75) is 71.1 Å². The van der Waals surface area contributed by atoms with Gasteiger partial charge >= 0.3 is 5.97 Å². The number of carboxylic acid groups (broad SMARTS) is 1. The highest BCUT2D eigenvalue weighted by atomic mass is 16.4. The number of nitrogens with zero attached hydrogens (tertiary/aromatic N) is 2. The summed E-state index contributed by atoms with van der Waals surface area (Å²) < 4.78 is 0.302. The van der Waals surface area contributed by atoms with Gasteiger partial charge in [0.05, 0.1) is 6.20 Å². The van der Waals surface area contributed by atoms with E-state index in [1.807, 2.05) is 6.20 Å². The molecule has 1 aliphatic rings. The van der Waals surface area contributed by atoms with Gasteiger partial charge in [0.25, 0.3) is 0 Å². The molecule has 0 aromatic rings. The van der Waals surface area contributed by atoms with Crippen LogP contribution in [0.4, 0.5) is 0 Å². The molecule has 0 aliphatic carbocycles. The monoisotopic (exact) mass is 350 g/mol. The molecule has 25 heavy (non-hydrogen) atoms. The molecule has 3 N–H and O–H groups in total. The normalized spacial score (nSPS) is 19.7. The Morgan fingerprint density at radius 1 is 1.16 bits per heavy atom. The number of rotatable bonds is 15. The van der Waals surface area contributed by atoms with Crippen molar-refractivity contribution in [1.82, 2.24) is 0 Å². The van der Waals surface area contributed by atoms with E-state index in [0.717, 1.165) is 18.7 Å². The summed E-state index contributed by atoms with van der Waals surface area (Å²) in [7, 11) is 0. The van der Waals surface area contributed by atoms with Crippen LogP contribution in [-0.2, 0) is 4.79 Å². The van der Waals surface area contributed by atoms with Crippen LogP contribution in [0.25, 0.3) is 0 Å². The maximum absolute atomic E-state index is 11.2. The van der Waals surface area contributed by atoms with E-state index in [4.69, 9.17) is 5.73 Å². The van der Waals surface area contributed by atoms with Gasteiger partial charge in [-0.15, -0.1) is 0 Å². The third-order valence-corrected chi connectivity index (χ3v) is 4.68. The van der Waals surface area contributed by atoms with Gasteiger partial charge in [0, 0.05) is 13.0 Å². The second-order valence-corrected chi connectivity index (χ2v) is 6.86. The van der Waals surface area contributed by atoms with E-state index in [0.29, 0.717) is 17.6 Å². The van der Waals surface area contributed by atoms with E-state index in [1.54, 1.807) is 6.20 Å². The molecule has 1 unspecified atom stereocenters. The van der Waals surface area contributed by atoms with Gasteiger partial charge in [-0.25, -0.2) is 14.3 Å². The topological polar surface area (TPSA) is 75.7 Å². The number of amidine groups is 1. The lowest BCUT2D eigenvalue weighted by Gasteiger charge is -2.30. The highest BCUT2D eigenvalue weighted by molar-refractivity contribution is 5.81. The quantitative estimate of drug-likeness (QED) is 0.264. The summed E-state index contributed by atoms with van der Waals surface area (Å²) in [5.41, 5.74) is 5.69. The first-order chi connectivity index (χ1) is 12.1. The molecule has 142 valence electrons. The number of unbranched alkanes of at least 4 members (excludes halogenated alkanes) is 7. The molecule has 0 bridgehead atoms. The van der Waals surface area contributed by atoms with Crippen molar-refractivity contribution in [1.29, 1.82) is 0 Å². The molecule has 1 rings (SSSR count). The Hall–Kier alpha value is -1.46. The Morgan fingerprint density at radius 2 is 1.84 bits per heavy atom. The lowest BCUT2D eigenvalue weighted by atomic mass is 10.1. The average molecular weight is 351 g/mol. The number of carboxylic acids is 1. The highest BCUT2D eigenvalue weighted by Gasteiger charge is 2.36. The van der Waals surface area contributed by atoms with Crippen LogP contribution in [0.3, 0.4) is 0 Å². The minimum atomic E-state index is -0.805. The number of carbonyl (C=O) groups is 1. The third kappa shape index (κ3) is 8.45. The van der Waals surface area contributed by atoms with Crippen molar-refractivity contribution in [2.75, 3.05) is 19.6 Å². The molecule has 5 heteroatoms. The van der Waals surface area contributed by atoms with Gasteiger partial charge < -0.3 is 10.8 Å². The number of hydrogen-bond donors (Lipinski definition) is 2. The minimum absolute atomic E-state index is 0.0398. The Bertz CT molecular complexity index is 472. The predicted molar refractivity (Wildman–Crippen MR) is 104 cm³/mol. The van der Waals surface area contributed by atoms with Gasteiger partial charge in [-0.3, -0.25) is 0 Å². The summed E-state index contributed by atoms with van der Waals surface area (Å²) >= 11 is 0. The maximum Gasteiger partial charge on any atom is 0.360 e. The number of aliphatic carboxylic acids is 1. The van der Waals surface area contributed by atoms with Gasteiger partial charge in [0.2, 0.25) is 5.84 Å². The molecule has 1 aliphatic heterocycles. The Labute approximate surface area is 152 Å². The van der Waals surface area contributed by atoms with Crippen LogP contribution in [0.1, 0.15) is 71.1 Å². The summed E-state index contributed by atoms with van der Waals surface area (Å²) in [6.45, 7) is 3.31. The average Bonchev–Trinajstić information content (AvgIpc) is 2.94.